The molecule has 17 heavy (non-hydrogen) atoms. The van der Waals surface area contributed by atoms with E-state index >= 15 is 0 Å². The second-order valence-corrected chi connectivity index (χ2v) is 5.61. The second-order valence-electron chi connectivity index (χ2n) is 5.61. The fraction of sp³-hybridized carbons (Fsp3) is 0.692. The highest BCUT2D eigenvalue weighted by Gasteiger charge is 2.17. The Morgan fingerprint density at radius 2 is 2.18 bits per heavy atom. The van der Waals surface area contributed by atoms with E-state index in [1.165, 1.54) is 12.8 Å². The van der Waals surface area contributed by atoms with Gasteiger partial charge in [0.2, 0.25) is 5.88 Å². The molecular weight excluding hydrogens is 214 g/mol. The summed E-state index contributed by atoms with van der Waals surface area (Å²) in [6.07, 6.45) is 2.43. The van der Waals surface area contributed by atoms with Crippen LogP contribution in [0.2, 0.25) is 0 Å². The normalized spacial score (nSPS) is 20.5. The van der Waals surface area contributed by atoms with Crippen LogP contribution in [0.1, 0.15) is 39.3 Å². The Kier molecular flexibility index (Phi) is 3.62. The highest BCUT2D eigenvalue weighted by molar-refractivity contribution is 5.16. The molecule has 0 unspecified atom stereocenters. The van der Waals surface area contributed by atoms with Crippen LogP contribution in [-0.4, -0.2) is 29.4 Å². The molecule has 1 saturated heterocycles. The Balaban J connectivity index is 1.89. The molecule has 0 radical (unpaired) electrons. The number of hydrogen-bond donors (Lipinski definition) is 1. The smallest absolute Gasteiger partial charge is 0.233 e. The molecule has 0 spiro atoms. The second kappa shape index (κ2) is 5.00. The fourth-order valence-corrected chi connectivity index (χ4v) is 1.88. The number of nitrogens with zero attached hydrogens (tertiary/aromatic N) is 2. The first-order valence-corrected chi connectivity index (χ1v) is 6.26. The quantitative estimate of drug-likeness (QED) is 0.869. The molecule has 94 valence electrons. The van der Waals surface area contributed by atoms with Crippen LogP contribution in [0.4, 0.5) is 0 Å². The predicted octanol–water partition coefficient (Wildman–Crippen LogP) is 1.90. The topological polar surface area (TPSA) is 47.0 Å². The van der Waals surface area contributed by atoms with E-state index in [-0.39, 0.29) is 5.41 Å². The molecule has 0 bridgehead atoms. The summed E-state index contributed by atoms with van der Waals surface area (Å²) in [5.74, 6) is 0.617. The largest absolute Gasteiger partial charge is 0.475 e. The summed E-state index contributed by atoms with van der Waals surface area (Å²) in [7, 11) is 0. The molecule has 0 aromatic carbocycles. The molecule has 1 aromatic heterocycles. The summed E-state index contributed by atoms with van der Waals surface area (Å²) in [5.41, 5.74) is 1.03. The molecule has 1 N–H and O–H groups in total. The van der Waals surface area contributed by atoms with Gasteiger partial charge in [0, 0.05) is 17.5 Å². The van der Waals surface area contributed by atoms with Crippen molar-refractivity contribution in [1.29, 1.82) is 0 Å². The van der Waals surface area contributed by atoms with E-state index < -0.39 is 0 Å². The Morgan fingerprint density at radius 3 is 2.71 bits per heavy atom. The molecule has 2 rings (SSSR count). The van der Waals surface area contributed by atoms with E-state index in [1.54, 1.807) is 0 Å². The van der Waals surface area contributed by atoms with Gasteiger partial charge in [0.25, 0.3) is 0 Å². The molecule has 1 fully saturated rings. The third kappa shape index (κ3) is 3.40. The molecule has 0 amide bonds. The maximum atomic E-state index is 5.62. The van der Waals surface area contributed by atoms with E-state index in [9.17, 15) is 0 Å². The van der Waals surface area contributed by atoms with Gasteiger partial charge < -0.3 is 10.1 Å². The van der Waals surface area contributed by atoms with Crippen molar-refractivity contribution >= 4 is 0 Å². The van der Waals surface area contributed by atoms with Gasteiger partial charge >= 0.3 is 0 Å². The lowest BCUT2D eigenvalue weighted by molar-refractivity contribution is 0.264. The molecule has 4 nitrogen and oxygen atoms in total. The zero-order valence-electron chi connectivity index (χ0n) is 10.9. The molecule has 1 aliphatic rings. The molecular formula is C13H21N3O. The molecule has 0 saturated carbocycles. The third-order valence-electron chi connectivity index (χ3n) is 3.00. The highest BCUT2D eigenvalue weighted by atomic mass is 16.5. The van der Waals surface area contributed by atoms with Crippen LogP contribution in [0.5, 0.6) is 5.88 Å². The average molecular weight is 235 g/mol. The average Bonchev–Trinajstić information content (AvgIpc) is 2.78. The van der Waals surface area contributed by atoms with Gasteiger partial charge in [-0.25, -0.2) is 0 Å². The summed E-state index contributed by atoms with van der Waals surface area (Å²) in [6.45, 7) is 8.16. The summed E-state index contributed by atoms with van der Waals surface area (Å²) >= 11 is 0. The number of nitrogens with one attached hydrogen (secondary N) is 1. The van der Waals surface area contributed by atoms with E-state index in [4.69, 9.17) is 4.74 Å². The van der Waals surface area contributed by atoms with Crippen LogP contribution >= 0.6 is 0 Å². The number of ether oxygens (including phenoxy) is 1. The van der Waals surface area contributed by atoms with E-state index in [0.29, 0.717) is 18.5 Å². The minimum atomic E-state index is 0.0402. The Morgan fingerprint density at radius 1 is 1.35 bits per heavy atom. The first-order valence-electron chi connectivity index (χ1n) is 6.26. The zero-order chi connectivity index (χ0) is 12.3. The Hall–Kier alpha value is -1.16. The molecule has 1 aromatic rings. The predicted molar refractivity (Wildman–Crippen MR) is 67.3 cm³/mol. The van der Waals surface area contributed by atoms with Crippen LogP contribution in [0.15, 0.2) is 12.1 Å². The van der Waals surface area contributed by atoms with Gasteiger partial charge in [0.05, 0.1) is 5.69 Å². The van der Waals surface area contributed by atoms with Gasteiger partial charge in [0.15, 0.2) is 0 Å². The summed E-state index contributed by atoms with van der Waals surface area (Å²) in [6, 6.07) is 4.37. The Bertz CT molecular complexity index is 350. The number of aromatic nitrogens is 2. The highest BCUT2D eigenvalue weighted by Crippen LogP contribution is 2.20. The van der Waals surface area contributed by atoms with Crippen molar-refractivity contribution in [1.82, 2.24) is 15.5 Å². The van der Waals surface area contributed by atoms with Crippen LogP contribution in [0, 0.1) is 0 Å². The van der Waals surface area contributed by atoms with Crippen molar-refractivity contribution < 1.29 is 4.74 Å². The van der Waals surface area contributed by atoms with Gasteiger partial charge in [0.1, 0.15) is 6.61 Å². The SMILES string of the molecule is CC(C)(C)c1ccc(OC[C@H]2CCCN2)nn1. The van der Waals surface area contributed by atoms with Crippen molar-refractivity contribution in [3.8, 4) is 5.88 Å². The van der Waals surface area contributed by atoms with E-state index in [1.807, 2.05) is 12.1 Å². The van der Waals surface area contributed by atoms with Gasteiger partial charge in [-0.3, -0.25) is 0 Å². The molecule has 1 atom stereocenters. The summed E-state index contributed by atoms with van der Waals surface area (Å²) in [5, 5.41) is 11.7. The lowest BCUT2D eigenvalue weighted by Gasteiger charge is -2.17. The van der Waals surface area contributed by atoms with Crippen molar-refractivity contribution in [2.24, 2.45) is 0 Å². The van der Waals surface area contributed by atoms with Gasteiger partial charge in [-0.05, 0) is 25.5 Å². The molecule has 1 aliphatic heterocycles. The standard InChI is InChI=1S/C13H21N3O/c1-13(2,3)11-6-7-12(16-15-11)17-9-10-5-4-8-14-10/h6-7,10,14H,4-5,8-9H2,1-3H3/t10-/m1/s1. The first-order chi connectivity index (χ1) is 8.05. The van der Waals surface area contributed by atoms with Crippen molar-refractivity contribution in [2.75, 3.05) is 13.2 Å². The van der Waals surface area contributed by atoms with Crippen molar-refractivity contribution in [3.63, 3.8) is 0 Å². The van der Waals surface area contributed by atoms with Gasteiger partial charge in [-0.15, -0.1) is 5.10 Å². The van der Waals surface area contributed by atoms with E-state index in [0.717, 1.165) is 12.2 Å². The van der Waals surface area contributed by atoms with Crippen LogP contribution in [0.25, 0.3) is 0 Å². The zero-order valence-corrected chi connectivity index (χ0v) is 10.9. The molecule has 0 aliphatic carbocycles. The number of rotatable bonds is 3. The van der Waals surface area contributed by atoms with E-state index in [2.05, 4.69) is 36.3 Å². The van der Waals surface area contributed by atoms with Crippen molar-refractivity contribution in [2.45, 2.75) is 45.1 Å². The molecule has 2 heterocycles. The first kappa shape index (κ1) is 12.3. The van der Waals surface area contributed by atoms with Crippen LogP contribution < -0.4 is 10.1 Å². The van der Waals surface area contributed by atoms with Gasteiger partial charge in [-0.1, -0.05) is 20.8 Å². The fourth-order valence-electron chi connectivity index (χ4n) is 1.88. The lowest BCUT2D eigenvalue weighted by Crippen LogP contribution is -2.28. The lowest BCUT2D eigenvalue weighted by atomic mass is 9.92. The minimum Gasteiger partial charge on any atom is -0.475 e. The van der Waals surface area contributed by atoms with Crippen LogP contribution in [-0.2, 0) is 5.41 Å². The summed E-state index contributed by atoms with van der Waals surface area (Å²) < 4.78 is 5.62. The minimum absolute atomic E-state index is 0.0402. The summed E-state index contributed by atoms with van der Waals surface area (Å²) in [4.78, 5) is 0. The monoisotopic (exact) mass is 235 g/mol. The Labute approximate surface area is 103 Å². The maximum absolute atomic E-state index is 5.62. The van der Waals surface area contributed by atoms with Crippen LogP contribution in [0.3, 0.4) is 0 Å². The molecule has 4 heteroatoms. The van der Waals surface area contributed by atoms with Crippen molar-refractivity contribution in [3.05, 3.63) is 17.8 Å². The number of hydrogen-bond acceptors (Lipinski definition) is 4. The van der Waals surface area contributed by atoms with Gasteiger partial charge in [-0.2, -0.15) is 5.10 Å². The third-order valence-corrected chi connectivity index (χ3v) is 3.00. The maximum Gasteiger partial charge on any atom is 0.233 e.